The first-order valence-electron chi connectivity index (χ1n) is 7.24. The number of tetrazole rings is 1. The smallest absolute Gasteiger partial charge is 0.253 e. The Kier molecular flexibility index (Phi) is 3.70. The number of rotatable bonds is 4. The fourth-order valence-electron chi connectivity index (χ4n) is 2.10. The molecule has 22 heavy (non-hydrogen) atoms. The quantitative estimate of drug-likeness (QED) is 0.736. The van der Waals surface area contributed by atoms with Gasteiger partial charge in [-0.15, -0.1) is 10.2 Å². The Bertz CT molecular complexity index is 758. The summed E-state index contributed by atoms with van der Waals surface area (Å²) in [4.78, 5) is 5.68. The molecule has 0 amide bonds. The summed E-state index contributed by atoms with van der Waals surface area (Å²) in [6.07, 6.45) is 0. The van der Waals surface area contributed by atoms with Crippen LogP contribution in [0.4, 0.5) is 0 Å². The van der Waals surface area contributed by atoms with Crippen LogP contribution in [-0.2, 0) is 0 Å². The number of aromatic nitrogens is 6. The maximum Gasteiger partial charge on any atom is 0.253 e. The van der Waals surface area contributed by atoms with E-state index in [9.17, 15) is 0 Å². The maximum absolute atomic E-state index is 5.15. The first-order valence-corrected chi connectivity index (χ1v) is 7.24. The third kappa shape index (κ3) is 2.74. The van der Waals surface area contributed by atoms with Crippen molar-refractivity contribution in [1.29, 1.82) is 0 Å². The van der Waals surface area contributed by atoms with Crippen LogP contribution in [0, 0.1) is 6.92 Å². The predicted octanol–water partition coefficient (Wildman–Crippen LogP) is 2.76. The third-order valence-electron chi connectivity index (χ3n) is 3.51. The minimum Gasteiger partial charge on any atom is -0.337 e. The molecule has 0 saturated heterocycles. The molecule has 3 rings (SSSR count). The molecular weight excluding hydrogens is 280 g/mol. The minimum atomic E-state index is -0.252. The number of hydrogen-bond donors (Lipinski definition) is 0. The average molecular weight is 298 g/mol. The minimum absolute atomic E-state index is 0.252. The fourth-order valence-corrected chi connectivity index (χ4v) is 2.10. The zero-order chi connectivity index (χ0) is 15.7. The number of aryl methyl sites for hydroxylation is 1. The highest BCUT2D eigenvalue weighted by atomic mass is 16.5. The molecule has 0 saturated carbocycles. The van der Waals surface area contributed by atoms with Gasteiger partial charge in [-0.1, -0.05) is 43.3 Å². The molecule has 2 aromatic heterocycles. The van der Waals surface area contributed by atoms with Gasteiger partial charge in [0.05, 0.1) is 0 Å². The Balaban J connectivity index is 1.84. The SMILES string of the molecule is Cc1noc([C@H](C)n2nnc(-c3ccc(C(C)C)cc3)n2)n1. The summed E-state index contributed by atoms with van der Waals surface area (Å²) in [5, 5.41) is 16.4. The lowest BCUT2D eigenvalue weighted by Crippen LogP contribution is -2.11. The molecule has 3 aromatic rings. The Morgan fingerprint density at radius 2 is 1.82 bits per heavy atom. The van der Waals surface area contributed by atoms with Crippen LogP contribution in [0.1, 0.15) is 50.0 Å². The summed E-state index contributed by atoms with van der Waals surface area (Å²) >= 11 is 0. The van der Waals surface area contributed by atoms with E-state index in [2.05, 4.69) is 51.5 Å². The number of benzene rings is 1. The van der Waals surface area contributed by atoms with Crippen LogP contribution in [0.3, 0.4) is 0 Å². The van der Waals surface area contributed by atoms with Crippen LogP contribution in [0.2, 0.25) is 0 Å². The second-order valence-electron chi connectivity index (χ2n) is 5.57. The molecule has 0 unspecified atom stereocenters. The molecule has 0 aliphatic carbocycles. The molecule has 0 spiro atoms. The van der Waals surface area contributed by atoms with Crippen LogP contribution in [0.25, 0.3) is 11.4 Å². The summed E-state index contributed by atoms with van der Waals surface area (Å²) in [6, 6.07) is 7.95. The molecule has 1 aromatic carbocycles. The van der Waals surface area contributed by atoms with Gasteiger partial charge in [0.2, 0.25) is 5.82 Å². The van der Waals surface area contributed by atoms with E-state index in [-0.39, 0.29) is 6.04 Å². The standard InChI is InChI=1S/C15H18N6O/c1-9(2)12-5-7-13(8-6-12)14-17-20-21(18-14)10(3)15-16-11(4)19-22-15/h5-10H,1-4H3/t10-/m0/s1. The fraction of sp³-hybridized carbons (Fsp3) is 0.400. The molecule has 0 N–H and O–H groups in total. The zero-order valence-corrected chi connectivity index (χ0v) is 13.1. The maximum atomic E-state index is 5.15. The van der Waals surface area contributed by atoms with Crippen molar-refractivity contribution in [3.05, 3.63) is 41.5 Å². The molecule has 114 valence electrons. The van der Waals surface area contributed by atoms with E-state index in [1.54, 1.807) is 6.92 Å². The lowest BCUT2D eigenvalue weighted by Gasteiger charge is -2.05. The van der Waals surface area contributed by atoms with E-state index in [1.165, 1.54) is 10.4 Å². The van der Waals surface area contributed by atoms with E-state index < -0.39 is 0 Å². The molecule has 2 heterocycles. The van der Waals surface area contributed by atoms with E-state index in [0.29, 0.717) is 23.5 Å². The first kappa shape index (κ1) is 14.4. The van der Waals surface area contributed by atoms with Crippen molar-refractivity contribution in [2.45, 2.75) is 39.7 Å². The number of nitrogens with zero attached hydrogens (tertiary/aromatic N) is 6. The highest BCUT2D eigenvalue weighted by molar-refractivity contribution is 5.54. The van der Waals surface area contributed by atoms with E-state index in [0.717, 1.165) is 5.56 Å². The normalized spacial score (nSPS) is 12.8. The Labute approximate surface area is 128 Å². The Morgan fingerprint density at radius 3 is 2.41 bits per heavy atom. The molecule has 1 atom stereocenters. The van der Waals surface area contributed by atoms with Crippen molar-refractivity contribution in [3.8, 4) is 11.4 Å². The van der Waals surface area contributed by atoms with E-state index in [4.69, 9.17) is 4.52 Å². The van der Waals surface area contributed by atoms with Gasteiger partial charge in [-0.25, -0.2) is 0 Å². The molecule has 0 aliphatic heterocycles. The summed E-state index contributed by atoms with van der Waals surface area (Å²) < 4.78 is 5.15. The van der Waals surface area contributed by atoms with Crippen molar-refractivity contribution in [3.63, 3.8) is 0 Å². The Hall–Kier alpha value is -2.57. The van der Waals surface area contributed by atoms with Crippen LogP contribution in [0.15, 0.2) is 28.8 Å². The molecular formula is C15H18N6O. The monoisotopic (exact) mass is 298 g/mol. The highest BCUT2D eigenvalue weighted by Gasteiger charge is 2.18. The largest absolute Gasteiger partial charge is 0.337 e. The van der Waals surface area contributed by atoms with Crippen molar-refractivity contribution in [2.75, 3.05) is 0 Å². The van der Waals surface area contributed by atoms with Gasteiger partial charge in [0, 0.05) is 5.56 Å². The summed E-state index contributed by atoms with van der Waals surface area (Å²) in [6.45, 7) is 7.99. The van der Waals surface area contributed by atoms with Crippen molar-refractivity contribution in [2.24, 2.45) is 0 Å². The zero-order valence-electron chi connectivity index (χ0n) is 13.1. The molecule has 0 fully saturated rings. The van der Waals surface area contributed by atoms with Gasteiger partial charge in [0.1, 0.15) is 6.04 Å². The van der Waals surface area contributed by atoms with Gasteiger partial charge in [-0.2, -0.15) is 9.78 Å². The average Bonchev–Trinajstić information content (AvgIpc) is 3.15. The van der Waals surface area contributed by atoms with Crippen molar-refractivity contribution >= 4 is 0 Å². The van der Waals surface area contributed by atoms with Gasteiger partial charge in [0.15, 0.2) is 5.82 Å². The number of hydrogen-bond acceptors (Lipinski definition) is 6. The van der Waals surface area contributed by atoms with E-state index >= 15 is 0 Å². The Morgan fingerprint density at radius 1 is 1.09 bits per heavy atom. The van der Waals surface area contributed by atoms with Crippen LogP contribution in [0.5, 0.6) is 0 Å². The predicted molar refractivity (Wildman–Crippen MR) is 80.2 cm³/mol. The van der Waals surface area contributed by atoms with Gasteiger partial charge in [0.25, 0.3) is 5.89 Å². The van der Waals surface area contributed by atoms with Crippen LogP contribution in [-0.4, -0.2) is 30.3 Å². The molecule has 0 radical (unpaired) electrons. The summed E-state index contributed by atoms with van der Waals surface area (Å²) in [5.41, 5.74) is 2.22. The van der Waals surface area contributed by atoms with Crippen molar-refractivity contribution in [1.82, 2.24) is 30.3 Å². The third-order valence-corrected chi connectivity index (χ3v) is 3.51. The molecule has 0 aliphatic rings. The van der Waals surface area contributed by atoms with Gasteiger partial charge in [-0.3, -0.25) is 0 Å². The highest BCUT2D eigenvalue weighted by Crippen LogP contribution is 2.20. The van der Waals surface area contributed by atoms with Gasteiger partial charge >= 0.3 is 0 Å². The second kappa shape index (κ2) is 5.67. The lowest BCUT2D eigenvalue weighted by molar-refractivity contribution is 0.319. The summed E-state index contributed by atoms with van der Waals surface area (Å²) in [5.74, 6) is 2.14. The van der Waals surface area contributed by atoms with Crippen molar-refractivity contribution < 1.29 is 4.52 Å². The molecule has 7 heteroatoms. The van der Waals surface area contributed by atoms with Crippen LogP contribution >= 0.6 is 0 Å². The summed E-state index contributed by atoms with van der Waals surface area (Å²) in [7, 11) is 0. The van der Waals surface area contributed by atoms with E-state index in [1.807, 2.05) is 19.1 Å². The van der Waals surface area contributed by atoms with Crippen LogP contribution < -0.4 is 0 Å². The molecule has 0 bridgehead atoms. The van der Waals surface area contributed by atoms with Gasteiger partial charge in [-0.05, 0) is 30.5 Å². The van der Waals surface area contributed by atoms with Gasteiger partial charge < -0.3 is 4.52 Å². The molecule has 7 nitrogen and oxygen atoms in total. The topological polar surface area (TPSA) is 82.5 Å². The first-order chi connectivity index (χ1) is 10.5. The lowest BCUT2D eigenvalue weighted by atomic mass is 10.0. The second-order valence-corrected chi connectivity index (χ2v) is 5.57.